The number of Topliss-reactive ketones (excluding diaryl/α,β-unsaturated/α-hetero) is 1. The molecule has 0 aliphatic rings. The van der Waals surface area contributed by atoms with Crippen molar-refractivity contribution in [3.05, 3.63) is 22.5 Å². The standard InChI is InChI=1S/C14H13NO2S2/c1-3-9(16)7-17-11-6-12-13(15-8(2)19-12)14-10(11)4-5-18-14/h4-6H,3,7H2,1-2H3. The molecule has 19 heavy (non-hydrogen) atoms. The van der Waals surface area contributed by atoms with Gasteiger partial charge in [-0.2, -0.15) is 0 Å². The fraction of sp³-hybridized carbons (Fsp3) is 0.286. The van der Waals surface area contributed by atoms with Crippen LogP contribution in [0.15, 0.2) is 17.5 Å². The number of carbonyl (C=O) groups is 1. The maximum Gasteiger partial charge on any atom is 0.169 e. The zero-order valence-corrected chi connectivity index (χ0v) is 12.4. The highest BCUT2D eigenvalue weighted by Gasteiger charge is 2.13. The highest BCUT2D eigenvalue weighted by Crippen LogP contribution is 2.38. The average molecular weight is 291 g/mol. The van der Waals surface area contributed by atoms with Crippen molar-refractivity contribution in [1.82, 2.24) is 4.98 Å². The normalized spacial score (nSPS) is 11.3. The molecule has 2 aromatic heterocycles. The number of thiophene rings is 1. The van der Waals surface area contributed by atoms with Gasteiger partial charge in [0, 0.05) is 17.9 Å². The summed E-state index contributed by atoms with van der Waals surface area (Å²) in [7, 11) is 0. The maximum atomic E-state index is 11.4. The summed E-state index contributed by atoms with van der Waals surface area (Å²) in [6.07, 6.45) is 0.509. The Morgan fingerprint density at radius 3 is 3.11 bits per heavy atom. The molecule has 0 radical (unpaired) electrons. The SMILES string of the molecule is CCC(=O)COc1cc2sc(C)nc2c2sccc12. The predicted octanol–water partition coefficient (Wildman–Crippen LogP) is 4.18. The Kier molecular flexibility index (Phi) is 3.24. The van der Waals surface area contributed by atoms with E-state index in [0.29, 0.717) is 6.42 Å². The van der Waals surface area contributed by atoms with Gasteiger partial charge in [-0.1, -0.05) is 6.92 Å². The summed E-state index contributed by atoms with van der Waals surface area (Å²) in [5.41, 5.74) is 1.04. The van der Waals surface area contributed by atoms with Crippen LogP contribution >= 0.6 is 22.7 Å². The third-order valence-electron chi connectivity index (χ3n) is 2.95. The third-order valence-corrected chi connectivity index (χ3v) is 4.79. The van der Waals surface area contributed by atoms with Crippen LogP contribution in [0.2, 0.25) is 0 Å². The zero-order valence-electron chi connectivity index (χ0n) is 10.7. The first-order valence-corrected chi connectivity index (χ1v) is 7.80. The van der Waals surface area contributed by atoms with Gasteiger partial charge in [0.25, 0.3) is 0 Å². The van der Waals surface area contributed by atoms with E-state index in [2.05, 4.69) is 4.98 Å². The number of rotatable bonds is 4. The Morgan fingerprint density at radius 2 is 2.32 bits per heavy atom. The molecule has 0 atom stereocenters. The van der Waals surface area contributed by atoms with Gasteiger partial charge in [0.05, 0.1) is 19.9 Å². The van der Waals surface area contributed by atoms with Crippen molar-refractivity contribution in [2.45, 2.75) is 20.3 Å². The van der Waals surface area contributed by atoms with E-state index >= 15 is 0 Å². The minimum Gasteiger partial charge on any atom is -0.485 e. The molecule has 2 heterocycles. The van der Waals surface area contributed by atoms with Crippen LogP contribution in [-0.2, 0) is 4.79 Å². The topological polar surface area (TPSA) is 39.2 Å². The van der Waals surface area contributed by atoms with Gasteiger partial charge in [0.2, 0.25) is 0 Å². The number of nitrogens with zero attached hydrogens (tertiary/aromatic N) is 1. The van der Waals surface area contributed by atoms with Crippen molar-refractivity contribution >= 4 is 48.8 Å². The average Bonchev–Trinajstić information content (AvgIpc) is 3.00. The second kappa shape index (κ2) is 4.90. The van der Waals surface area contributed by atoms with E-state index < -0.39 is 0 Å². The number of aryl methyl sites for hydroxylation is 1. The van der Waals surface area contributed by atoms with Gasteiger partial charge in [-0.15, -0.1) is 22.7 Å². The van der Waals surface area contributed by atoms with Gasteiger partial charge >= 0.3 is 0 Å². The van der Waals surface area contributed by atoms with Crippen LogP contribution in [0.3, 0.4) is 0 Å². The lowest BCUT2D eigenvalue weighted by Gasteiger charge is -2.06. The largest absolute Gasteiger partial charge is 0.485 e. The number of fused-ring (bicyclic) bond motifs is 3. The highest BCUT2D eigenvalue weighted by atomic mass is 32.1. The lowest BCUT2D eigenvalue weighted by atomic mass is 10.2. The molecule has 3 nitrogen and oxygen atoms in total. The highest BCUT2D eigenvalue weighted by molar-refractivity contribution is 7.21. The molecule has 0 fully saturated rings. The van der Waals surface area contributed by atoms with Gasteiger partial charge in [0.1, 0.15) is 12.4 Å². The lowest BCUT2D eigenvalue weighted by molar-refractivity contribution is -0.120. The monoisotopic (exact) mass is 291 g/mol. The van der Waals surface area contributed by atoms with Crippen LogP contribution in [0, 0.1) is 6.92 Å². The Hall–Kier alpha value is -1.46. The molecule has 0 saturated heterocycles. The number of ketones is 1. The number of hydrogen-bond acceptors (Lipinski definition) is 5. The van der Waals surface area contributed by atoms with E-state index in [1.54, 1.807) is 22.7 Å². The summed E-state index contributed by atoms with van der Waals surface area (Å²) < 4.78 is 7.94. The van der Waals surface area contributed by atoms with Gasteiger partial charge in [-0.25, -0.2) is 4.98 Å². The summed E-state index contributed by atoms with van der Waals surface area (Å²) in [5, 5.41) is 4.13. The molecule has 5 heteroatoms. The minimum absolute atomic E-state index is 0.115. The number of benzene rings is 1. The van der Waals surface area contributed by atoms with E-state index in [4.69, 9.17) is 4.74 Å². The van der Waals surface area contributed by atoms with Gasteiger partial charge in [-0.3, -0.25) is 4.79 Å². The van der Waals surface area contributed by atoms with Gasteiger partial charge in [-0.05, 0) is 18.4 Å². The Morgan fingerprint density at radius 1 is 1.47 bits per heavy atom. The lowest BCUT2D eigenvalue weighted by Crippen LogP contribution is -2.09. The first kappa shape index (κ1) is 12.6. The Labute approximate surface area is 118 Å². The van der Waals surface area contributed by atoms with Crippen molar-refractivity contribution in [2.75, 3.05) is 6.61 Å². The van der Waals surface area contributed by atoms with Crippen LogP contribution in [0.1, 0.15) is 18.4 Å². The van der Waals surface area contributed by atoms with Crippen molar-refractivity contribution in [3.63, 3.8) is 0 Å². The third kappa shape index (κ3) is 2.24. The van der Waals surface area contributed by atoms with Crippen LogP contribution in [0.25, 0.3) is 20.3 Å². The zero-order chi connectivity index (χ0) is 13.4. The molecule has 98 valence electrons. The van der Waals surface area contributed by atoms with Crippen molar-refractivity contribution in [3.8, 4) is 5.75 Å². The quantitative estimate of drug-likeness (QED) is 0.724. The second-order valence-corrected chi connectivity index (χ2v) is 6.45. The molecule has 0 spiro atoms. The second-order valence-electron chi connectivity index (χ2n) is 4.30. The Bertz CT molecular complexity index is 757. The summed E-state index contributed by atoms with van der Waals surface area (Å²) in [4.78, 5) is 16.0. The summed E-state index contributed by atoms with van der Waals surface area (Å²) in [6, 6.07) is 4.03. The molecule has 0 aliphatic heterocycles. The molecule has 0 N–H and O–H groups in total. The summed E-state index contributed by atoms with van der Waals surface area (Å²) >= 11 is 3.32. The van der Waals surface area contributed by atoms with Gasteiger partial charge < -0.3 is 4.74 Å². The maximum absolute atomic E-state index is 11.4. The molecule has 0 unspecified atom stereocenters. The molecule has 1 aromatic carbocycles. The molecule has 0 saturated carbocycles. The molecule has 0 bridgehead atoms. The van der Waals surface area contributed by atoms with E-state index in [-0.39, 0.29) is 12.4 Å². The van der Waals surface area contributed by atoms with Crippen molar-refractivity contribution < 1.29 is 9.53 Å². The Balaban J connectivity index is 2.10. The molecule has 0 aliphatic carbocycles. The molecule has 3 aromatic rings. The number of carbonyl (C=O) groups excluding carboxylic acids is 1. The fourth-order valence-corrected chi connectivity index (χ4v) is 3.80. The van der Waals surface area contributed by atoms with Crippen LogP contribution < -0.4 is 4.74 Å². The predicted molar refractivity (Wildman–Crippen MR) is 80.5 cm³/mol. The first-order valence-electron chi connectivity index (χ1n) is 6.11. The van der Waals surface area contributed by atoms with E-state index in [1.165, 1.54) is 0 Å². The number of hydrogen-bond donors (Lipinski definition) is 0. The van der Waals surface area contributed by atoms with Crippen molar-refractivity contribution in [2.24, 2.45) is 0 Å². The summed E-state index contributed by atoms with van der Waals surface area (Å²) in [6.45, 7) is 4.00. The summed E-state index contributed by atoms with van der Waals surface area (Å²) in [5.74, 6) is 0.901. The minimum atomic E-state index is 0.115. The van der Waals surface area contributed by atoms with E-state index in [1.807, 2.05) is 31.4 Å². The van der Waals surface area contributed by atoms with E-state index in [0.717, 1.165) is 31.1 Å². The number of ether oxygens (including phenoxy) is 1. The van der Waals surface area contributed by atoms with Gasteiger partial charge in [0.15, 0.2) is 5.78 Å². The molecule has 3 rings (SSSR count). The first-order chi connectivity index (χ1) is 9.19. The van der Waals surface area contributed by atoms with E-state index in [9.17, 15) is 4.79 Å². The van der Waals surface area contributed by atoms with Crippen LogP contribution in [-0.4, -0.2) is 17.4 Å². The van der Waals surface area contributed by atoms with Crippen LogP contribution in [0.4, 0.5) is 0 Å². The smallest absolute Gasteiger partial charge is 0.169 e. The number of thiazole rings is 1. The molecule has 0 amide bonds. The number of aromatic nitrogens is 1. The fourth-order valence-electron chi connectivity index (χ4n) is 1.97. The molecular weight excluding hydrogens is 278 g/mol. The van der Waals surface area contributed by atoms with Crippen molar-refractivity contribution in [1.29, 1.82) is 0 Å². The molecular formula is C14H13NO2S2. The van der Waals surface area contributed by atoms with Crippen LogP contribution in [0.5, 0.6) is 5.75 Å².